The Bertz CT molecular complexity index is 406. The van der Waals surface area contributed by atoms with E-state index in [4.69, 9.17) is 0 Å². The summed E-state index contributed by atoms with van der Waals surface area (Å²) in [6, 6.07) is 6.94. The second-order valence-electron chi connectivity index (χ2n) is 5.45. The SMILES string of the molecule is CCCC(=O)CCCc1ccc2c(c1)CCCC2. The van der Waals surface area contributed by atoms with Gasteiger partial charge in [-0.25, -0.2) is 0 Å². The first kappa shape index (κ1) is 13.3. The van der Waals surface area contributed by atoms with Crippen molar-refractivity contribution >= 4 is 5.78 Å². The Kier molecular flexibility index (Phi) is 4.98. The fourth-order valence-corrected chi connectivity index (χ4v) is 2.84. The molecule has 1 aliphatic carbocycles. The van der Waals surface area contributed by atoms with E-state index >= 15 is 0 Å². The average Bonchev–Trinajstić information content (AvgIpc) is 2.39. The number of hydrogen-bond donors (Lipinski definition) is 0. The molecule has 0 bridgehead atoms. The predicted molar refractivity (Wildman–Crippen MR) is 75.9 cm³/mol. The zero-order valence-electron chi connectivity index (χ0n) is 11.5. The number of hydrogen-bond acceptors (Lipinski definition) is 1. The van der Waals surface area contributed by atoms with Gasteiger partial charge in [0.25, 0.3) is 0 Å². The van der Waals surface area contributed by atoms with Crippen molar-refractivity contribution in [3.8, 4) is 0 Å². The molecule has 1 nitrogen and oxygen atoms in total. The fourth-order valence-electron chi connectivity index (χ4n) is 2.84. The summed E-state index contributed by atoms with van der Waals surface area (Å²) in [5, 5.41) is 0. The van der Waals surface area contributed by atoms with Crippen LogP contribution in [-0.4, -0.2) is 5.78 Å². The summed E-state index contributed by atoms with van der Waals surface area (Å²) in [7, 11) is 0. The van der Waals surface area contributed by atoms with E-state index in [1.54, 1.807) is 11.1 Å². The first-order valence-electron chi connectivity index (χ1n) is 7.42. The van der Waals surface area contributed by atoms with Gasteiger partial charge in [-0.15, -0.1) is 0 Å². The van der Waals surface area contributed by atoms with Crippen LogP contribution in [0, 0.1) is 0 Å². The number of ketones is 1. The Balaban J connectivity index is 1.84. The van der Waals surface area contributed by atoms with Crippen molar-refractivity contribution in [2.75, 3.05) is 0 Å². The van der Waals surface area contributed by atoms with Gasteiger partial charge in [-0.05, 0) is 61.6 Å². The number of carbonyl (C=O) groups excluding carboxylic acids is 1. The standard InChI is InChI=1S/C17H24O/c1-2-6-17(18)10-5-7-14-11-12-15-8-3-4-9-16(15)13-14/h11-13H,2-10H2,1H3. The quantitative estimate of drug-likeness (QED) is 0.731. The lowest BCUT2D eigenvalue weighted by molar-refractivity contribution is -0.119. The van der Waals surface area contributed by atoms with E-state index in [0.717, 1.165) is 32.1 Å². The molecule has 0 saturated heterocycles. The zero-order chi connectivity index (χ0) is 12.8. The van der Waals surface area contributed by atoms with Crippen molar-refractivity contribution in [3.05, 3.63) is 34.9 Å². The minimum Gasteiger partial charge on any atom is -0.300 e. The minimum absolute atomic E-state index is 0.426. The molecule has 0 spiro atoms. The summed E-state index contributed by atoms with van der Waals surface area (Å²) in [6.45, 7) is 2.07. The first-order valence-corrected chi connectivity index (χ1v) is 7.42. The van der Waals surface area contributed by atoms with Gasteiger partial charge in [-0.3, -0.25) is 4.79 Å². The predicted octanol–water partition coefficient (Wildman–Crippen LogP) is 4.26. The normalized spacial score (nSPS) is 14.3. The third-order valence-electron chi connectivity index (χ3n) is 3.86. The molecule has 0 unspecified atom stereocenters. The molecular weight excluding hydrogens is 220 g/mol. The molecule has 1 aromatic rings. The molecule has 1 aliphatic rings. The van der Waals surface area contributed by atoms with Crippen molar-refractivity contribution in [3.63, 3.8) is 0 Å². The smallest absolute Gasteiger partial charge is 0.132 e. The summed E-state index contributed by atoms with van der Waals surface area (Å²) < 4.78 is 0. The molecule has 98 valence electrons. The lowest BCUT2D eigenvalue weighted by atomic mass is 9.89. The molecule has 1 heteroatoms. The molecule has 0 saturated carbocycles. The van der Waals surface area contributed by atoms with Gasteiger partial charge in [0.1, 0.15) is 5.78 Å². The third-order valence-corrected chi connectivity index (χ3v) is 3.86. The van der Waals surface area contributed by atoms with Crippen molar-refractivity contribution in [2.24, 2.45) is 0 Å². The lowest BCUT2D eigenvalue weighted by Crippen LogP contribution is -2.03. The van der Waals surface area contributed by atoms with Gasteiger partial charge in [0.2, 0.25) is 0 Å². The maximum atomic E-state index is 11.5. The maximum absolute atomic E-state index is 11.5. The molecule has 0 heterocycles. The van der Waals surface area contributed by atoms with Gasteiger partial charge in [-0.2, -0.15) is 0 Å². The highest BCUT2D eigenvalue weighted by atomic mass is 16.1. The highest BCUT2D eigenvalue weighted by Crippen LogP contribution is 2.22. The van der Waals surface area contributed by atoms with Gasteiger partial charge in [0.05, 0.1) is 0 Å². The molecule has 0 N–H and O–H groups in total. The second-order valence-corrected chi connectivity index (χ2v) is 5.45. The summed E-state index contributed by atoms with van der Waals surface area (Å²) in [4.78, 5) is 11.5. The molecule has 0 aliphatic heterocycles. The van der Waals surface area contributed by atoms with Crippen LogP contribution in [0.2, 0.25) is 0 Å². The van der Waals surface area contributed by atoms with Gasteiger partial charge in [0.15, 0.2) is 0 Å². The van der Waals surface area contributed by atoms with Crippen molar-refractivity contribution in [1.82, 2.24) is 0 Å². The number of rotatable bonds is 6. The molecule has 2 rings (SSSR count). The summed E-state index contributed by atoms with van der Waals surface area (Å²) in [6.07, 6.45) is 9.75. The van der Waals surface area contributed by atoms with E-state index in [1.807, 2.05) is 0 Å². The van der Waals surface area contributed by atoms with Gasteiger partial charge in [-0.1, -0.05) is 25.1 Å². The van der Waals surface area contributed by atoms with E-state index in [1.165, 1.54) is 31.2 Å². The number of aryl methyl sites for hydroxylation is 3. The Hall–Kier alpha value is -1.11. The second kappa shape index (κ2) is 6.72. The lowest BCUT2D eigenvalue weighted by Gasteiger charge is -2.16. The van der Waals surface area contributed by atoms with Gasteiger partial charge < -0.3 is 0 Å². The van der Waals surface area contributed by atoms with Crippen LogP contribution >= 0.6 is 0 Å². The number of benzene rings is 1. The monoisotopic (exact) mass is 244 g/mol. The number of carbonyl (C=O) groups is 1. The summed E-state index contributed by atoms with van der Waals surface area (Å²) in [5.41, 5.74) is 4.52. The topological polar surface area (TPSA) is 17.1 Å². The van der Waals surface area contributed by atoms with Crippen LogP contribution in [0.5, 0.6) is 0 Å². The van der Waals surface area contributed by atoms with Crippen LogP contribution in [0.25, 0.3) is 0 Å². The van der Waals surface area contributed by atoms with Crippen LogP contribution in [-0.2, 0) is 24.1 Å². The van der Waals surface area contributed by atoms with Crippen LogP contribution in [0.4, 0.5) is 0 Å². The Morgan fingerprint density at radius 3 is 2.67 bits per heavy atom. The van der Waals surface area contributed by atoms with Crippen LogP contribution in [0.3, 0.4) is 0 Å². The number of Topliss-reactive ketones (excluding diaryl/α,β-unsaturated/α-hetero) is 1. The van der Waals surface area contributed by atoms with Crippen molar-refractivity contribution in [1.29, 1.82) is 0 Å². The first-order chi connectivity index (χ1) is 8.79. The van der Waals surface area contributed by atoms with Gasteiger partial charge in [0, 0.05) is 12.8 Å². The molecule has 0 radical (unpaired) electrons. The summed E-state index contributed by atoms with van der Waals surface area (Å²) in [5.74, 6) is 0.426. The van der Waals surface area contributed by atoms with Crippen LogP contribution in [0.1, 0.15) is 62.1 Å². The van der Waals surface area contributed by atoms with Crippen LogP contribution in [0.15, 0.2) is 18.2 Å². The van der Waals surface area contributed by atoms with E-state index in [2.05, 4.69) is 25.1 Å². The van der Waals surface area contributed by atoms with E-state index < -0.39 is 0 Å². The Morgan fingerprint density at radius 2 is 1.89 bits per heavy atom. The zero-order valence-corrected chi connectivity index (χ0v) is 11.5. The molecule has 0 fully saturated rings. The van der Waals surface area contributed by atoms with E-state index in [0.29, 0.717) is 5.78 Å². The highest BCUT2D eigenvalue weighted by Gasteiger charge is 2.09. The Morgan fingerprint density at radius 1 is 1.11 bits per heavy atom. The molecule has 1 aromatic carbocycles. The maximum Gasteiger partial charge on any atom is 0.132 e. The third kappa shape index (κ3) is 3.69. The van der Waals surface area contributed by atoms with E-state index in [9.17, 15) is 4.79 Å². The van der Waals surface area contributed by atoms with Crippen molar-refractivity contribution in [2.45, 2.75) is 64.7 Å². The molecule has 0 aromatic heterocycles. The fraction of sp³-hybridized carbons (Fsp3) is 0.588. The average molecular weight is 244 g/mol. The summed E-state index contributed by atoms with van der Waals surface area (Å²) >= 11 is 0. The van der Waals surface area contributed by atoms with E-state index in [-0.39, 0.29) is 0 Å². The minimum atomic E-state index is 0.426. The van der Waals surface area contributed by atoms with Crippen LogP contribution < -0.4 is 0 Å². The molecule has 0 amide bonds. The van der Waals surface area contributed by atoms with Crippen molar-refractivity contribution < 1.29 is 4.79 Å². The van der Waals surface area contributed by atoms with Gasteiger partial charge >= 0.3 is 0 Å². The number of fused-ring (bicyclic) bond motifs is 1. The Labute approximate surface area is 111 Å². The molecule has 18 heavy (non-hydrogen) atoms. The molecule has 0 atom stereocenters. The molecular formula is C17H24O. The highest BCUT2D eigenvalue weighted by molar-refractivity contribution is 5.78. The largest absolute Gasteiger partial charge is 0.300 e.